The number of hydrogen-bond acceptors (Lipinski definition) is 6. The second kappa shape index (κ2) is 8.29. The number of benzene rings is 1. The van der Waals surface area contributed by atoms with E-state index in [0.717, 1.165) is 38.0 Å². The molecule has 4 heterocycles. The van der Waals surface area contributed by atoms with E-state index in [0.29, 0.717) is 16.9 Å². The Labute approximate surface area is 204 Å². The van der Waals surface area contributed by atoms with Crippen LogP contribution >= 0.6 is 0 Å². The van der Waals surface area contributed by atoms with Gasteiger partial charge in [0.2, 0.25) is 11.8 Å². The normalized spacial score (nSPS) is 22.5. The first-order valence-corrected chi connectivity index (χ1v) is 13.6. The summed E-state index contributed by atoms with van der Waals surface area (Å²) in [5.41, 5.74) is 0.235. The van der Waals surface area contributed by atoms with Crippen molar-refractivity contribution < 1.29 is 22.3 Å². The van der Waals surface area contributed by atoms with Crippen molar-refractivity contribution in [3.8, 4) is 11.6 Å². The predicted octanol–water partition coefficient (Wildman–Crippen LogP) is 3.91. The van der Waals surface area contributed by atoms with E-state index in [9.17, 15) is 17.6 Å². The van der Waals surface area contributed by atoms with E-state index < -0.39 is 21.1 Å². The van der Waals surface area contributed by atoms with Crippen LogP contribution < -0.4 is 4.74 Å². The van der Waals surface area contributed by atoms with Crippen LogP contribution in [0.4, 0.5) is 4.39 Å². The van der Waals surface area contributed by atoms with Gasteiger partial charge in [0.25, 0.3) is 0 Å². The number of amides is 1. The third kappa shape index (κ3) is 4.28. The van der Waals surface area contributed by atoms with Crippen LogP contribution in [-0.4, -0.2) is 58.2 Å². The number of halogens is 1. The number of carbonyl (C=O) groups is 1. The van der Waals surface area contributed by atoms with Crippen molar-refractivity contribution in [2.24, 2.45) is 5.41 Å². The molecule has 0 unspecified atom stereocenters. The first kappa shape index (κ1) is 23.7. The summed E-state index contributed by atoms with van der Waals surface area (Å²) in [7, 11) is -3.52. The number of rotatable bonds is 4. The van der Waals surface area contributed by atoms with E-state index in [-0.39, 0.29) is 34.7 Å². The van der Waals surface area contributed by atoms with Gasteiger partial charge in [0.05, 0.1) is 16.0 Å². The summed E-state index contributed by atoms with van der Waals surface area (Å²) in [6.45, 7) is 5.87. The van der Waals surface area contributed by atoms with Gasteiger partial charge in [0.1, 0.15) is 18.2 Å². The molecule has 2 aliphatic rings. The summed E-state index contributed by atoms with van der Waals surface area (Å²) in [6, 6.07) is 5.90. The van der Waals surface area contributed by atoms with Crippen LogP contribution in [0.5, 0.6) is 5.88 Å². The molecule has 5 rings (SSSR count). The highest BCUT2D eigenvalue weighted by atomic mass is 32.2. The Morgan fingerprint density at radius 2 is 1.80 bits per heavy atom. The van der Waals surface area contributed by atoms with Gasteiger partial charge in [-0.15, -0.1) is 0 Å². The van der Waals surface area contributed by atoms with E-state index >= 15 is 0 Å². The highest BCUT2D eigenvalue weighted by Crippen LogP contribution is 2.40. The number of piperidine rings is 1. The number of carbonyl (C=O) groups excluding carboxylic acids is 1. The van der Waals surface area contributed by atoms with E-state index in [1.165, 1.54) is 18.5 Å². The lowest BCUT2D eigenvalue weighted by Crippen LogP contribution is -2.52. The Bertz CT molecular complexity index is 1400. The fourth-order valence-corrected chi connectivity index (χ4v) is 5.86. The van der Waals surface area contributed by atoms with Gasteiger partial charge in [-0.3, -0.25) is 9.36 Å². The second-order valence-electron chi connectivity index (χ2n) is 10.5. The molecule has 35 heavy (non-hydrogen) atoms. The molecule has 3 aromatic rings. The molecule has 0 N–H and O–H groups in total. The van der Waals surface area contributed by atoms with Crippen molar-refractivity contribution in [3.63, 3.8) is 0 Å². The predicted molar refractivity (Wildman–Crippen MR) is 129 cm³/mol. The molecule has 2 bridgehead atoms. The summed E-state index contributed by atoms with van der Waals surface area (Å²) >= 11 is 0. The topological polar surface area (TPSA) is 94.4 Å². The molecule has 2 atom stereocenters. The largest absolute Gasteiger partial charge is 0.474 e. The fraction of sp³-hybridized carbons (Fsp3) is 0.480. The van der Waals surface area contributed by atoms with Crippen LogP contribution in [0.3, 0.4) is 0 Å². The van der Waals surface area contributed by atoms with Crippen LogP contribution in [0.15, 0.2) is 41.7 Å². The molecule has 186 valence electrons. The summed E-state index contributed by atoms with van der Waals surface area (Å²) in [4.78, 5) is 23.6. The number of fused-ring (bicyclic) bond motifs is 3. The number of aromatic nitrogens is 3. The van der Waals surface area contributed by atoms with Crippen LogP contribution in [0.2, 0.25) is 0 Å². The molecule has 1 amide bonds. The van der Waals surface area contributed by atoms with E-state index in [1.807, 2.05) is 20.8 Å². The van der Waals surface area contributed by atoms with Crippen molar-refractivity contribution in [1.29, 1.82) is 0 Å². The zero-order valence-corrected chi connectivity index (χ0v) is 21.0. The summed E-state index contributed by atoms with van der Waals surface area (Å²) < 4.78 is 46.2. The van der Waals surface area contributed by atoms with E-state index in [1.54, 1.807) is 16.8 Å². The molecule has 0 spiro atoms. The lowest BCUT2D eigenvalue weighted by molar-refractivity contribution is -0.145. The molecule has 1 aromatic carbocycles. The van der Waals surface area contributed by atoms with Crippen molar-refractivity contribution in [3.05, 3.63) is 42.6 Å². The molecule has 2 saturated heterocycles. The quantitative estimate of drug-likeness (QED) is 0.539. The minimum absolute atomic E-state index is 0.0799. The van der Waals surface area contributed by atoms with E-state index in [4.69, 9.17) is 4.74 Å². The smallest absolute Gasteiger partial charge is 0.228 e. The highest BCUT2D eigenvalue weighted by Gasteiger charge is 2.46. The Kier molecular flexibility index (Phi) is 5.62. The molecule has 0 aliphatic carbocycles. The SMILES string of the molecule is CC(C)(C)C(=O)N1[C@H]2CC[C@H]1CC(Oc1ncnc3c1ccn3-c1ccc(S(C)(=O)=O)cc1F)C2. The van der Waals surface area contributed by atoms with Crippen LogP contribution in [-0.2, 0) is 14.6 Å². The zero-order chi connectivity index (χ0) is 25.1. The van der Waals surface area contributed by atoms with Crippen molar-refractivity contribution in [2.45, 2.75) is 69.5 Å². The van der Waals surface area contributed by atoms with Gasteiger partial charge >= 0.3 is 0 Å². The minimum Gasteiger partial charge on any atom is -0.474 e. The molecule has 8 nitrogen and oxygen atoms in total. The molecule has 0 radical (unpaired) electrons. The van der Waals surface area contributed by atoms with Gasteiger partial charge < -0.3 is 9.64 Å². The number of sulfone groups is 1. The fourth-order valence-electron chi connectivity index (χ4n) is 5.23. The summed E-state index contributed by atoms with van der Waals surface area (Å²) in [6.07, 6.45) is 7.44. The Hall–Kier alpha value is -3.01. The second-order valence-corrected chi connectivity index (χ2v) is 12.6. The average Bonchev–Trinajstić information content (AvgIpc) is 3.31. The van der Waals surface area contributed by atoms with E-state index in [2.05, 4.69) is 14.9 Å². The lowest BCUT2D eigenvalue weighted by Gasteiger charge is -2.41. The van der Waals surface area contributed by atoms with Gasteiger partial charge in [-0.1, -0.05) is 20.8 Å². The number of hydrogen-bond donors (Lipinski definition) is 0. The average molecular weight is 501 g/mol. The molecule has 10 heteroatoms. The van der Waals surface area contributed by atoms with Gasteiger partial charge in [0.15, 0.2) is 15.5 Å². The standard InChI is InChI=1S/C25H29FN4O4S/c1-25(2,3)24(31)30-15-5-6-16(30)12-17(11-15)34-23-19-9-10-29(22(19)27-14-28-23)21-8-7-18(13-20(21)26)35(4,32)33/h7-10,13-17H,5-6,11-12H2,1-4H3/t15-,16-/m0/s1. The van der Waals surface area contributed by atoms with Crippen molar-refractivity contribution in [2.75, 3.05) is 6.26 Å². The Morgan fingerprint density at radius 3 is 2.40 bits per heavy atom. The molecule has 2 aromatic heterocycles. The minimum atomic E-state index is -3.52. The van der Waals surface area contributed by atoms with Crippen molar-refractivity contribution >= 4 is 26.8 Å². The molecule has 0 saturated carbocycles. The van der Waals surface area contributed by atoms with Gasteiger partial charge in [-0.2, -0.15) is 0 Å². The van der Waals surface area contributed by atoms with Gasteiger partial charge in [-0.05, 0) is 37.1 Å². The summed E-state index contributed by atoms with van der Waals surface area (Å²) in [5, 5.41) is 0.639. The highest BCUT2D eigenvalue weighted by molar-refractivity contribution is 7.90. The zero-order valence-electron chi connectivity index (χ0n) is 20.2. The molecule has 2 fully saturated rings. The van der Waals surface area contributed by atoms with Gasteiger partial charge in [-0.25, -0.2) is 22.8 Å². The number of ether oxygens (including phenoxy) is 1. The first-order valence-electron chi connectivity index (χ1n) is 11.7. The Balaban J connectivity index is 1.40. The summed E-state index contributed by atoms with van der Waals surface area (Å²) in [5.74, 6) is -0.0604. The molecular weight excluding hydrogens is 471 g/mol. The maximum Gasteiger partial charge on any atom is 0.228 e. The maximum absolute atomic E-state index is 14.8. The maximum atomic E-state index is 14.8. The lowest BCUT2D eigenvalue weighted by atomic mass is 9.90. The molecular formula is C25H29FN4O4S. The molecule has 2 aliphatic heterocycles. The first-order chi connectivity index (χ1) is 16.4. The van der Waals surface area contributed by atoms with Crippen LogP contribution in [0.25, 0.3) is 16.7 Å². The van der Waals surface area contributed by atoms with Crippen LogP contribution in [0.1, 0.15) is 46.5 Å². The monoisotopic (exact) mass is 500 g/mol. The number of nitrogens with zero attached hydrogens (tertiary/aromatic N) is 4. The van der Waals surface area contributed by atoms with Gasteiger partial charge in [0, 0.05) is 42.8 Å². The van der Waals surface area contributed by atoms with Crippen LogP contribution in [0, 0.1) is 11.2 Å². The third-order valence-electron chi connectivity index (χ3n) is 6.90. The third-order valence-corrected chi connectivity index (χ3v) is 8.01. The van der Waals surface area contributed by atoms with Crippen molar-refractivity contribution in [1.82, 2.24) is 19.4 Å². The Morgan fingerprint density at radius 1 is 1.11 bits per heavy atom.